The number of pyridine rings is 1. The van der Waals surface area contributed by atoms with E-state index in [0.29, 0.717) is 28.5 Å². The number of hydrogen-bond acceptors (Lipinski definition) is 3. The summed E-state index contributed by atoms with van der Waals surface area (Å²) in [4.78, 5) is 6.73. The van der Waals surface area contributed by atoms with Crippen molar-refractivity contribution in [3.05, 3.63) is 58.9 Å². The Hall–Kier alpha value is -2.45. The Kier molecular flexibility index (Phi) is 4.84. The normalized spacial score (nSPS) is 16.1. The SMILES string of the molecule is O[n+]1ccc(N2CCN(Cc3ccc(Cl)cc3)CC2)c2c(C(F)(F)F)c[nH]c21. The molecule has 0 saturated carbocycles. The number of halogens is 4. The molecule has 2 N–H and O–H groups in total. The standard InChI is InChI=1S/C19H18ClF3N4O/c20-14-3-1-13(2-4-14)12-25-7-9-26(10-8-25)16-5-6-27(28)18-17(16)15(11-24-18)19(21,22)23/h1-6,11,28H,7-10,12H2/p+1. The second-order valence-corrected chi connectivity index (χ2v) is 7.30. The van der Waals surface area contributed by atoms with Gasteiger partial charge in [0.2, 0.25) is 0 Å². The Morgan fingerprint density at radius 1 is 1.07 bits per heavy atom. The molecule has 5 nitrogen and oxygen atoms in total. The van der Waals surface area contributed by atoms with Gasteiger partial charge in [0.1, 0.15) is 23.3 Å². The van der Waals surface area contributed by atoms with Gasteiger partial charge in [0, 0.05) is 43.8 Å². The molecule has 3 heterocycles. The van der Waals surface area contributed by atoms with Gasteiger partial charge in [-0.05, 0) is 17.7 Å². The molecule has 2 aromatic heterocycles. The van der Waals surface area contributed by atoms with Crippen LogP contribution < -0.4 is 9.63 Å². The largest absolute Gasteiger partial charge is 0.420 e. The summed E-state index contributed by atoms with van der Waals surface area (Å²) in [7, 11) is 0. The highest BCUT2D eigenvalue weighted by atomic mass is 35.5. The van der Waals surface area contributed by atoms with Gasteiger partial charge < -0.3 is 10.1 Å². The number of anilines is 1. The van der Waals surface area contributed by atoms with Gasteiger partial charge in [-0.25, -0.2) is 4.98 Å². The topological polar surface area (TPSA) is 46.4 Å². The van der Waals surface area contributed by atoms with Crippen LogP contribution in [0.4, 0.5) is 18.9 Å². The maximum Gasteiger partial charge on any atom is 0.420 e. The van der Waals surface area contributed by atoms with Crippen molar-refractivity contribution in [2.75, 3.05) is 31.1 Å². The summed E-state index contributed by atoms with van der Waals surface area (Å²) < 4.78 is 40.9. The van der Waals surface area contributed by atoms with Crippen LogP contribution in [-0.2, 0) is 12.7 Å². The van der Waals surface area contributed by atoms with E-state index in [1.165, 1.54) is 12.3 Å². The maximum absolute atomic E-state index is 13.4. The number of benzene rings is 1. The molecule has 1 aliphatic rings. The molecule has 1 fully saturated rings. The Morgan fingerprint density at radius 3 is 2.39 bits per heavy atom. The predicted octanol–water partition coefficient (Wildman–Crippen LogP) is 3.69. The average molecular weight is 412 g/mol. The molecule has 3 aromatic rings. The van der Waals surface area contributed by atoms with Crippen LogP contribution in [0.5, 0.6) is 0 Å². The van der Waals surface area contributed by atoms with Gasteiger partial charge in [-0.3, -0.25) is 4.90 Å². The van der Waals surface area contributed by atoms with E-state index in [1.54, 1.807) is 0 Å². The molecule has 0 unspecified atom stereocenters. The van der Waals surface area contributed by atoms with Crippen LogP contribution in [0.15, 0.2) is 42.7 Å². The molecule has 0 spiro atoms. The lowest BCUT2D eigenvalue weighted by molar-refractivity contribution is -0.885. The van der Waals surface area contributed by atoms with Crippen LogP contribution in [-0.4, -0.2) is 41.3 Å². The average Bonchev–Trinajstić information content (AvgIpc) is 3.11. The molecule has 1 aromatic carbocycles. The van der Waals surface area contributed by atoms with E-state index in [0.717, 1.165) is 31.4 Å². The highest BCUT2D eigenvalue weighted by Crippen LogP contribution is 2.38. The highest BCUT2D eigenvalue weighted by molar-refractivity contribution is 6.30. The Morgan fingerprint density at radius 2 is 1.75 bits per heavy atom. The number of H-pyrrole nitrogens is 1. The number of alkyl halides is 3. The number of nitrogens with one attached hydrogen (secondary N) is 1. The molecular weight excluding hydrogens is 393 g/mol. The number of aromatic amines is 1. The zero-order valence-electron chi connectivity index (χ0n) is 14.9. The van der Waals surface area contributed by atoms with Crippen LogP contribution >= 0.6 is 11.6 Å². The summed E-state index contributed by atoms with van der Waals surface area (Å²) in [6, 6.07) is 9.18. The lowest BCUT2D eigenvalue weighted by atomic mass is 10.1. The van der Waals surface area contributed by atoms with Crippen LogP contribution in [0.3, 0.4) is 0 Å². The molecule has 0 atom stereocenters. The van der Waals surface area contributed by atoms with Crippen molar-refractivity contribution < 1.29 is 23.1 Å². The second kappa shape index (κ2) is 7.18. The fourth-order valence-corrected chi connectivity index (χ4v) is 3.76. The maximum atomic E-state index is 13.4. The van der Waals surface area contributed by atoms with E-state index < -0.39 is 11.7 Å². The summed E-state index contributed by atoms with van der Waals surface area (Å²) in [5.41, 5.74) is 0.879. The zero-order valence-corrected chi connectivity index (χ0v) is 15.6. The fraction of sp³-hybridized carbons (Fsp3) is 0.316. The Labute approximate surface area is 164 Å². The van der Waals surface area contributed by atoms with E-state index in [-0.39, 0.29) is 11.0 Å². The molecule has 0 amide bonds. The lowest BCUT2D eigenvalue weighted by Crippen LogP contribution is -2.46. The van der Waals surface area contributed by atoms with Crippen molar-refractivity contribution in [3.8, 4) is 0 Å². The summed E-state index contributed by atoms with van der Waals surface area (Å²) in [6.45, 7) is 3.42. The number of aromatic nitrogens is 2. The van der Waals surface area contributed by atoms with E-state index in [4.69, 9.17) is 11.6 Å². The van der Waals surface area contributed by atoms with E-state index in [2.05, 4.69) is 9.88 Å². The molecule has 1 aliphatic heterocycles. The molecule has 0 radical (unpaired) electrons. The molecule has 28 heavy (non-hydrogen) atoms. The van der Waals surface area contributed by atoms with Gasteiger partial charge in [0.05, 0.1) is 5.69 Å². The first-order valence-corrected chi connectivity index (χ1v) is 9.24. The molecule has 0 bridgehead atoms. The highest BCUT2D eigenvalue weighted by Gasteiger charge is 2.38. The first-order valence-electron chi connectivity index (χ1n) is 8.87. The van der Waals surface area contributed by atoms with Crippen LogP contribution in [0.2, 0.25) is 5.02 Å². The summed E-state index contributed by atoms with van der Waals surface area (Å²) in [6.07, 6.45) is -2.25. The van der Waals surface area contributed by atoms with Gasteiger partial charge in [-0.1, -0.05) is 28.5 Å². The summed E-state index contributed by atoms with van der Waals surface area (Å²) >= 11 is 5.91. The number of fused-ring (bicyclic) bond motifs is 1. The molecule has 0 aliphatic carbocycles. The smallest absolute Gasteiger partial charge is 0.368 e. The number of hydrogen-bond donors (Lipinski definition) is 2. The van der Waals surface area contributed by atoms with Gasteiger partial charge in [0.25, 0.3) is 0 Å². The van der Waals surface area contributed by atoms with Gasteiger partial charge in [-0.2, -0.15) is 13.2 Å². The minimum atomic E-state index is -4.50. The van der Waals surface area contributed by atoms with Crippen molar-refractivity contribution in [2.24, 2.45) is 0 Å². The van der Waals surface area contributed by atoms with Gasteiger partial charge >= 0.3 is 11.8 Å². The number of piperazine rings is 1. The second-order valence-electron chi connectivity index (χ2n) is 6.86. The van der Waals surface area contributed by atoms with E-state index in [1.807, 2.05) is 29.2 Å². The first-order chi connectivity index (χ1) is 13.3. The molecule has 148 valence electrons. The molecule has 9 heteroatoms. The third-order valence-electron chi connectivity index (χ3n) is 5.06. The van der Waals surface area contributed by atoms with Crippen molar-refractivity contribution in [2.45, 2.75) is 12.7 Å². The van der Waals surface area contributed by atoms with Crippen molar-refractivity contribution in [3.63, 3.8) is 0 Å². The van der Waals surface area contributed by atoms with Crippen LogP contribution in [0.1, 0.15) is 11.1 Å². The fourth-order valence-electron chi connectivity index (χ4n) is 3.63. The lowest BCUT2D eigenvalue weighted by Gasteiger charge is -2.36. The minimum Gasteiger partial charge on any atom is -0.368 e. The quantitative estimate of drug-likeness (QED) is 0.510. The zero-order chi connectivity index (χ0) is 19.9. The summed E-state index contributed by atoms with van der Waals surface area (Å²) in [5.74, 6) is 0. The molecular formula is C19H19ClF3N4O+. The van der Waals surface area contributed by atoms with Gasteiger partial charge in [0.15, 0.2) is 0 Å². The molecule has 4 rings (SSSR count). The van der Waals surface area contributed by atoms with Crippen LogP contribution in [0, 0.1) is 0 Å². The van der Waals surface area contributed by atoms with Crippen molar-refractivity contribution in [1.82, 2.24) is 9.88 Å². The predicted molar refractivity (Wildman–Crippen MR) is 99.6 cm³/mol. The third kappa shape index (κ3) is 3.62. The number of nitrogens with zero attached hydrogens (tertiary/aromatic N) is 3. The minimum absolute atomic E-state index is 0.0105. The first kappa shape index (κ1) is 18.9. The Bertz CT molecular complexity index is 979. The monoisotopic (exact) mass is 411 g/mol. The number of rotatable bonds is 3. The molecule has 1 saturated heterocycles. The van der Waals surface area contributed by atoms with Gasteiger partial charge in [-0.15, -0.1) is 0 Å². The van der Waals surface area contributed by atoms with Crippen molar-refractivity contribution in [1.29, 1.82) is 0 Å². The van der Waals surface area contributed by atoms with E-state index in [9.17, 15) is 18.4 Å². The summed E-state index contributed by atoms with van der Waals surface area (Å²) in [5, 5.41) is 10.6. The van der Waals surface area contributed by atoms with E-state index >= 15 is 0 Å². The van der Waals surface area contributed by atoms with Crippen LogP contribution in [0.25, 0.3) is 11.0 Å². The van der Waals surface area contributed by atoms with Crippen molar-refractivity contribution >= 4 is 28.3 Å². The third-order valence-corrected chi connectivity index (χ3v) is 5.31. The Balaban J connectivity index is 1.55.